The zero-order valence-corrected chi connectivity index (χ0v) is 7.23. The van der Waals surface area contributed by atoms with Crippen molar-refractivity contribution in [1.29, 1.82) is 0 Å². The van der Waals surface area contributed by atoms with Gasteiger partial charge >= 0.3 is 0 Å². The van der Waals surface area contributed by atoms with Crippen LogP contribution in [-0.4, -0.2) is 6.29 Å². The summed E-state index contributed by atoms with van der Waals surface area (Å²) in [5.74, 6) is 0. The summed E-state index contributed by atoms with van der Waals surface area (Å²) in [4.78, 5) is 9.97. The van der Waals surface area contributed by atoms with Crippen molar-refractivity contribution in [2.45, 2.75) is 0 Å². The molecule has 1 N–H and O–H groups in total. The van der Waals surface area contributed by atoms with Crippen molar-refractivity contribution in [1.82, 2.24) is 5.32 Å². The summed E-state index contributed by atoms with van der Waals surface area (Å²) in [6.45, 7) is 3.82. The number of carbonyl (C=O) groups excluding carboxylic acids is 1. The van der Waals surface area contributed by atoms with Crippen molar-refractivity contribution in [3.63, 3.8) is 0 Å². The standard InChI is InChI=1S/C11H11NO/c1-10(12-8-5-9-13)11-6-3-2-4-7-11/h2-9,12H,1H2/b8-5+. The predicted molar refractivity (Wildman–Crippen MR) is 53.8 cm³/mol. The average Bonchev–Trinajstić information content (AvgIpc) is 2.19. The van der Waals surface area contributed by atoms with Crippen molar-refractivity contribution >= 4 is 12.0 Å². The quantitative estimate of drug-likeness (QED) is 0.557. The summed E-state index contributed by atoms with van der Waals surface area (Å²) in [5.41, 5.74) is 1.79. The SMILES string of the molecule is C=C(N/C=C/C=O)c1ccccc1. The largest absolute Gasteiger partial charge is 0.362 e. The van der Waals surface area contributed by atoms with E-state index in [4.69, 9.17) is 0 Å². The Bertz CT molecular complexity index is 314. The second kappa shape index (κ2) is 4.93. The van der Waals surface area contributed by atoms with Crippen molar-refractivity contribution in [2.24, 2.45) is 0 Å². The number of carbonyl (C=O) groups is 1. The topological polar surface area (TPSA) is 29.1 Å². The molecule has 1 aromatic carbocycles. The highest BCUT2D eigenvalue weighted by molar-refractivity contribution is 5.67. The van der Waals surface area contributed by atoms with E-state index in [2.05, 4.69) is 11.9 Å². The average molecular weight is 173 g/mol. The first-order chi connectivity index (χ1) is 6.34. The molecular weight excluding hydrogens is 162 g/mol. The molecule has 0 spiro atoms. The third-order valence-corrected chi connectivity index (χ3v) is 1.55. The highest BCUT2D eigenvalue weighted by Gasteiger charge is 1.92. The highest BCUT2D eigenvalue weighted by Crippen LogP contribution is 2.07. The molecule has 2 nitrogen and oxygen atoms in total. The molecule has 0 aliphatic rings. The molecule has 2 heteroatoms. The smallest absolute Gasteiger partial charge is 0.144 e. The van der Waals surface area contributed by atoms with Crippen LogP contribution < -0.4 is 5.32 Å². The molecule has 1 aromatic rings. The zero-order chi connectivity index (χ0) is 9.52. The molecule has 0 fully saturated rings. The molecule has 0 aromatic heterocycles. The highest BCUT2D eigenvalue weighted by atomic mass is 16.1. The summed E-state index contributed by atoms with van der Waals surface area (Å²) in [6, 6.07) is 9.71. The van der Waals surface area contributed by atoms with Crippen LogP contribution in [0, 0.1) is 0 Å². The van der Waals surface area contributed by atoms with Gasteiger partial charge in [-0.25, -0.2) is 0 Å². The van der Waals surface area contributed by atoms with Crippen LogP contribution in [0.2, 0.25) is 0 Å². The Kier molecular flexibility index (Phi) is 3.51. The van der Waals surface area contributed by atoms with Gasteiger partial charge < -0.3 is 5.32 Å². The van der Waals surface area contributed by atoms with Gasteiger partial charge in [-0.15, -0.1) is 0 Å². The Morgan fingerprint density at radius 3 is 2.62 bits per heavy atom. The first kappa shape index (κ1) is 9.26. The van der Waals surface area contributed by atoms with Gasteiger partial charge in [-0.05, 0) is 11.6 Å². The molecule has 0 radical (unpaired) electrons. The van der Waals surface area contributed by atoms with Gasteiger partial charge in [0.15, 0.2) is 0 Å². The summed E-state index contributed by atoms with van der Waals surface area (Å²) >= 11 is 0. The maximum atomic E-state index is 9.97. The van der Waals surface area contributed by atoms with Gasteiger partial charge in [-0.2, -0.15) is 0 Å². The van der Waals surface area contributed by atoms with E-state index in [-0.39, 0.29) is 0 Å². The number of hydrogen-bond donors (Lipinski definition) is 1. The lowest BCUT2D eigenvalue weighted by molar-refractivity contribution is -0.104. The van der Waals surface area contributed by atoms with Gasteiger partial charge in [0.1, 0.15) is 6.29 Å². The van der Waals surface area contributed by atoms with Crippen LogP contribution in [0.1, 0.15) is 5.56 Å². The van der Waals surface area contributed by atoms with E-state index in [1.54, 1.807) is 6.20 Å². The van der Waals surface area contributed by atoms with E-state index in [0.717, 1.165) is 11.3 Å². The molecule has 1 rings (SSSR count). The number of allylic oxidation sites excluding steroid dienone is 1. The Morgan fingerprint density at radius 1 is 1.31 bits per heavy atom. The van der Waals surface area contributed by atoms with Crippen molar-refractivity contribution < 1.29 is 4.79 Å². The monoisotopic (exact) mass is 173 g/mol. The number of nitrogens with one attached hydrogen (secondary N) is 1. The number of hydrogen-bond acceptors (Lipinski definition) is 2. The fourth-order valence-corrected chi connectivity index (χ4v) is 0.911. The fraction of sp³-hybridized carbons (Fsp3) is 0. The van der Waals surface area contributed by atoms with Crippen LogP contribution in [0.3, 0.4) is 0 Å². The van der Waals surface area contributed by atoms with Crippen LogP contribution in [0.4, 0.5) is 0 Å². The van der Waals surface area contributed by atoms with Crippen molar-refractivity contribution in [3.8, 4) is 0 Å². The second-order valence-corrected chi connectivity index (χ2v) is 2.48. The fourth-order valence-electron chi connectivity index (χ4n) is 0.911. The van der Waals surface area contributed by atoms with E-state index in [1.807, 2.05) is 30.3 Å². The van der Waals surface area contributed by atoms with E-state index in [9.17, 15) is 4.79 Å². The van der Waals surface area contributed by atoms with Gasteiger partial charge in [0.25, 0.3) is 0 Å². The molecule has 0 bridgehead atoms. The summed E-state index contributed by atoms with van der Waals surface area (Å²) < 4.78 is 0. The lowest BCUT2D eigenvalue weighted by Crippen LogP contribution is -2.01. The zero-order valence-electron chi connectivity index (χ0n) is 7.23. The molecular formula is C11H11NO. The molecule has 0 aliphatic heterocycles. The molecule has 0 amide bonds. The predicted octanol–water partition coefficient (Wildman–Crippen LogP) is 1.96. The summed E-state index contributed by atoms with van der Waals surface area (Å²) in [7, 11) is 0. The lowest BCUT2D eigenvalue weighted by atomic mass is 10.2. The van der Waals surface area contributed by atoms with Crippen LogP contribution in [0.15, 0.2) is 49.2 Å². The van der Waals surface area contributed by atoms with Gasteiger partial charge in [-0.3, -0.25) is 4.79 Å². The number of rotatable bonds is 4. The van der Waals surface area contributed by atoms with Crippen LogP contribution in [0.25, 0.3) is 5.70 Å². The molecule has 0 saturated carbocycles. The molecule has 0 saturated heterocycles. The summed E-state index contributed by atoms with van der Waals surface area (Å²) in [5, 5.41) is 2.89. The lowest BCUT2D eigenvalue weighted by Gasteiger charge is -2.03. The van der Waals surface area contributed by atoms with Gasteiger partial charge in [-0.1, -0.05) is 36.9 Å². The molecule has 13 heavy (non-hydrogen) atoms. The first-order valence-electron chi connectivity index (χ1n) is 3.96. The van der Waals surface area contributed by atoms with Crippen molar-refractivity contribution in [3.05, 3.63) is 54.8 Å². The Labute approximate surface area is 77.6 Å². The molecule has 0 atom stereocenters. The maximum absolute atomic E-state index is 9.97. The minimum atomic E-state index is 0.714. The Morgan fingerprint density at radius 2 is 2.00 bits per heavy atom. The number of aldehydes is 1. The van der Waals surface area contributed by atoms with Crippen molar-refractivity contribution in [2.75, 3.05) is 0 Å². The van der Waals surface area contributed by atoms with E-state index in [1.165, 1.54) is 6.08 Å². The van der Waals surface area contributed by atoms with Gasteiger partial charge in [0.05, 0.1) is 0 Å². The van der Waals surface area contributed by atoms with E-state index in [0.29, 0.717) is 6.29 Å². The molecule has 0 heterocycles. The van der Waals surface area contributed by atoms with Crippen LogP contribution in [-0.2, 0) is 4.79 Å². The first-order valence-corrected chi connectivity index (χ1v) is 3.96. The Balaban J connectivity index is 2.59. The Hall–Kier alpha value is -1.83. The maximum Gasteiger partial charge on any atom is 0.144 e. The minimum Gasteiger partial charge on any atom is -0.362 e. The second-order valence-electron chi connectivity index (χ2n) is 2.48. The molecule has 66 valence electrons. The van der Waals surface area contributed by atoms with Gasteiger partial charge in [0, 0.05) is 11.9 Å². The summed E-state index contributed by atoms with van der Waals surface area (Å²) in [6.07, 6.45) is 3.65. The number of benzene rings is 1. The van der Waals surface area contributed by atoms with Gasteiger partial charge in [0.2, 0.25) is 0 Å². The minimum absolute atomic E-state index is 0.714. The normalized spacial score (nSPS) is 9.85. The van der Waals surface area contributed by atoms with E-state index < -0.39 is 0 Å². The molecule has 0 aliphatic carbocycles. The molecule has 0 unspecified atom stereocenters. The van der Waals surface area contributed by atoms with E-state index >= 15 is 0 Å². The van der Waals surface area contributed by atoms with Crippen LogP contribution in [0.5, 0.6) is 0 Å². The van der Waals surface area contributed by atoms with Crippen LogP contribution >= 0.6 is 0 Å². The third-order valence-electron chi connectivity index (χ3n) is 1.55. The third kappa shape index (κ3) is 2.95.